The van der Waals surface area contributed by atoms with Gasteiger partial charge in [-0.1, -0.05) is 42.5 Å². The highest BCUT2D eigenvalue weighted by atomic mass is 16.6. The minimum absolute atomic E-state index is 0.0678. The van der Waals surface area contributed by atoms with Crippen molar-refractivity contribution < 1.29 is 24.2 Å². The van der Waals surface area contributed by atoms with E-state index >= 15 is 0 Å². The van der Waals surface area contributed by atoms with E-state index in [1.54, 1.807) is 32.9 Å². The molecular formula is C22H27N3O5. The highest BCUT2D eigenvalue weighted by molar-refractivity contribution is 5.87. The lowest BCUT2D eigenvalue weighted by Gasteiger charge is -2.22. The van der Waals surface area contributed by atoms with Gasteiger partial charge in [0.15, 0.2) is 0 Å². The molecule has 0 aromatic heterocycles. The zero-order valence-electron chi connectivity index (χ0n) is 17.3. The molecule has 0 saturated carbocycles. The third-order valence-corrected chi connectivity index (χ3v) is 3.66. The zero-order valence-corrected chi connectivity index (χ0v) is 17.3. The molecule has 0 aliphatic carbocycles. The van der Waals surface area contributed by atoms with Crippen LogP contribution in [0.15, 0.2) is 59.7 Å². The molecule has 2 aromatic rings. The van der Waals surface area contributed by atoms with Crippen molar-refractivity contribution >= 4 is 18.2 Å². The molecule has 0 saturated heterocycles. The Morgan fingerprint density at radius 1 is 1.13 bits per heavy atom. The topological polar surface area (TPSA) is 109 Å². The number of alkyl carbamates (subject to hydrolysis) is 1. The van der Waals surface area contributed by atoms with E-state index < -0.39 is 23.6 Å². The lowest BCUT2D eigenvalue weighted by atomic mass is 10.2. The number of nitrogens with zero attached hydrogens (tertiary/aromatic N) is 1. The molecule has 8 heteroatoms. The Labute approximate surface area is 175 Å². The number of benzene rings is 2. The quantitative estimate of drug-likeness (QED) is 0.455. The summed E-state index contributed by atoms with van der Waals surface area (Å²) >= 11 is 0. The first kappa shape index (κ1) is 22.9. The Balaban J connectivity index is 1.97. The Hall–Kier alpha value is -3.39. The number of amides is 2. The second-order valence-corrected chi connectivity index (χ2v) is 7.53. The number of hydrazone groups is 1. The molecule has 8 nitrogen and oxygen atoms in total. The van der Waals surface area contributed by atoms with Crippen molar-refractivity contribution in [1.29, 1.82) is 0 Å². The second-order valence-electron chi connectivity index (χ2n) is 7.53. The summed E-state index contributed by atoms with van der Waals surface area (Å²) in [7, 11) is 0. The van der Waals surface area contributed by atoms with Gasteiger partial charge in [-0.05, 0) is 44.0 Å². The first-order chi connectivity index (χ1) is 14.2. The molecule has 3 N–H and O–H groups in total. The van der Waals surface area contributed by atoms with Gasteiger partial charge in [-0.25, -0.2) is 10.2 Å². The number of ether oxygens (including phenoxy) is 2. The van der Waals surface area contributed by atoms with Crippen LogP contribution in [0, 0.1) is 0 Å². The standard InChI is InChI=1S/C22H27N3O5/c1-22(2,3)30-21(28)24-19(15-29-14-16-8-5-4-6-9-16)20(27)25-23-13-17-10-7-11-18(26)12-17/h4-13,19,26H,14-15H2,1-3H3,(H,24,28)(H,25,27). The zero-order chi connectivity index (χ0) is 22.0. The molecule has 0 aliphatic heterocycles. The fourth-order valence-electron chi connectivity index (χ4n) is 2.36. The normalized spacial score (nSPS) is 12.4. The molecule has 0 spiro atoms. The molecule has 30 heavy (non-hydrogen) atoms. The van der Waals surface area contributed by atoms with Crippen LogP contribution in [0.5, 0.6) is 5.75 Å². The van der Waals surface area contributed by atoms with Gasteiger partial charge in [-0.15, -0.1) is 0 Å². The lowest BCUT2D eigenvalue weighted by molar-refractivity contribution is -0.124. The lowest BCUT2D eigenvalue weighted by Crippen LogP contribution is -2.49. The SMILES string of the molecule is CC(C)(C)OC(=O)NC(COCc1ccccc1)C(=O)NN=Cc1cccc(O)c1. The summed E-state index contributed by atoms with van der Waals surface area (Å²) in [5.41, 5.74) is 3.21. The van der Waals surface area contributed by atoms with Gasteiger partial charge < -0.3 is 19.9 Å². The molecule has 1 unspecified atom stereocenters. The fourth-order valence-corrected chi connectivity index (χ4v) is 2.36. The summed E-state index contributed by atoms with van der Waals surface area (Å²) in [4.78, 5) is 24.6. The molecule has 0 aliphatic rings. The highest BCUT2D eigenvalue weighted by Gasteiger charge is 2.24. The third-order valence-electron chi connectivity index (χ3n) is 3.66. The van der Waals surface area contributed by atoms with Crippen LogP contribution >= 0.6 is 0 Å². The van der Waals surface area contributed by atoms with Crippen LogP contribution in [0.4, 0.5) is 4.79 Å². The minimum Gasteiger partial charge on any atom is -0.508 e. The van der Waals surface area contributed by atoms with Crippen molar-refractivity contribution in [2.24, 2.45) is 5.10 Å². The van der Waals surface area contributed by atoms with Crippen molar-refractivity contribution in [2.75, 3.05) is 6.61 Å². The molecule has 0 bridgehead atoms. The maximum atomic E-state index is 12.5. The molecule has 0 radical (unpaired) electrons. The Bertz CT molecular complexity index is 863. The summed E-state index contributed by atoms with van der Waals surface area (Å²) in [6.45, 7) is 5.40. The smallest absolute Gasteiger partial charge is 0.408 e. The van der Waals surface area contributed by atoms with E-state index in [2.05, 4.69) is 15.8 Å². The monoisotopic (exact) mass is 413 g/mol. The van der Waals surface area contributed by atoms with Crippen LogP contribution in [0.1, 0.15) is 31.9 Å². The second kappa shape index (κ2) is 11.0. The van der Waals surface area contributed by atoms with Crippen LogP contribution in [0.2, 0.25) is 0 Å². The number of hydrogen-bond donors (Lipinski definition) is 3. The first-order valence-electron chi connectivity index (χ1n) is 9.46. The van der Waals surface area contributed by atoms with E-state index in [1.807, 2.05) is 30.3 Å². The maximum absolute atomic E-state index is 12.5. The predicted molar refractivity (Wildman–Crippen MR) is 113 cm³/mol. The van der Waals surface area contributed by atoms with Gasteiger partial charge in [0.2, 0.25) is 0 Å². The number of nitrogens with one attached hydrogen (secondary N) is 2. The number of hydrogen-bond acceptors (Lipinski definition) is 6. The van der Waals surface area contributed by atoms with Crippen molar-refractivity contribution in [3.8, 4) is 5.75 Å². The molecule has 160 valence electrons. The number of phenols is 1. The molecule has 0 heterocycles. The highest BCUT2D eigenvalue weighted by Crippen LogP contribution is 2.09. The van der Waals surface area contributed by atoms with Crippen LogP contribution in [0.25, 0.3) is 0 Å². The predicted octanol–water partition coefficient (Wildman–Crippen LogP) is 2.95. The van der Waals surface area contributed by atoms with Gasteiger partial charge in [-0.2, -0.15) is 5.10 Å². The van der Waals surface area contributed by atoms with Gasteiger partial charge in [0, 0.05) is 0 Å². The van der Waals surface area contributed by atoms with E-state index in [4.69, 9.17) is 9.47 Å². The number of carbonyl (C=O) groups is 2. The summed E-state index contributed by atoms with van der Waals surface area (Å²) in [5, 5.41) is 15.8. The summed E-state index contributed by atoms with van der Waals surface area (Å²) in [6, 6.07) is 14.9. The van der Waals surface area contributed by atoms with Crippen LogP contribution in [-0.2, 0) is 20.9 Å². The molecule has 2 amide bonds. The van der Waals surface area contributed by atoms with Crippen LogP contribution in [-0.4, -0.2) is 41.6 Å². The van der Waals surface area contributed by atoms with E-state index in [0.717, 1.165) is 5.56 Å². The molecule has 1 atom stereocenters. The van der Waals surface area contributed by atoms with E-state index in [-0.39, 0.29) is 19.0 Å². The van der Waals surface area contributed by atoms with Gasteiger partial charge in [0.05, 0.1) is 19.4 Å². The average molecular weight is 413 g/mol. The van der Waals surface area contributed by atoms with Gasteiger partial charge >= 0.3 is 6.09 Å². The number of phenolic OH excluding ortho intramolecular Hbond substituents is 1. The minimum atomic E-state index is -1.01. The first-order valence-corrected chi connectivity index (χ1v) is 9.46. The molecule has 0 fully saturated rings. The van der Waals surface area contributed by atoms with Crippen molar-refractivity contribution in [1.82, 2.24) is 10.7 Å². The van der Waals surface area contributed by atoms with Crippen LogP contribution in [0.3, 0.4) is 0 Å². The maximum Gasteiger partial charge on any atom is 0.408 e. The van der Waals surface area contributed by atoms with Gasteiger partial charge in [-0.3, -0.25) is 4.79 Å². The summed E-state index contributed by atoms with van der Waals surface area (Å²) < 4.78 is 10.8. The van der Waals surface area contributed by atoms with Crippen LogP contribution < -0.4 is 10.7 Å². The number of aromatic hydroxyl groups is 1. The summed E-state index contributed by atoms with van der Waals surface area (Å²) in [6.07, 6.45) is 0.649. The molecule has 2 rings (SSSR count). The van der Waals surface area contributed by atoms with E-state index in [0.29, 0.717) is 5.56 Å². The Kier molecular flexibility index (Phi) is 8.37. The van der Waals surface area contributed by atoms with Crippen molar-refractivity contribution in [3.05, 3.63) is 65.7 Å². The third kappa shape index (κ3) is 8.74. The summed E-state index contributed by atoms with van der Waals surface area (Å²) in [5.74, 6) is -0.477. The van der Waals surface area contributed by atoms with Gasteiger partial charge in [0.25, 0.3) is 5.91 Å². The van der Waals surface area contributed by atoms with E-state index in [9.17, 15) is 14.7 Å². The number of rotatable bonds is 8. The Morgan fingerprint density at radius 3 is 2.53 bits per heavy atom. The van der Waals surface area contributed by atoms with Gasteiger partial charge in [0.1, 0.15) is 17.4 Å². The van der Waals surface area contributed by atoms with Crippen molar-refractivity contribution in [3.63, 3.8) is 0 Å². The molecular weight excluding hydrogens is 386 g/mol. The number of carbonyl (C=O) groups excluding carboxylic acids is 2. The fraction of sp³-hybridized carbons (Fsp3) is 0.318. The van der Waals surface area contributed by atoms with E-state index in [1.165, 1.54) is 18.3 Å². The largest absolute Gasteiger partial charge is 0.508 e. The average Bonchev–Trinajstić information content (AvgIpc) is 2.66. The molecule has 2 aromatic carbocycles. The Morgan fingerprint density at radius 2 is 1.87 bits per heavy atom. The van der Waals surface area contributed by atoms with Crippen molar-refractivity contribution in [2.45, 2.75) is 39.0 Å².